The van der Waals surface area contributed by atoms with Crippen LogP contribution in [0.3, 0.4) is 0 Å². The minimum absolute atomic E-state index is 0.0230. The first-order valence-corrected chi connectivity index (χ1v) is 14.0. The van der Waals surface area contributed by atoms with Gasteiger partial charge in [-0.2, -0.15) is 0 Å². The van der Waals surface area contributed by atoms with Crippen LogP contribution in [-0.2, 0) is 23.7 Å². The van der Waals surface area contributed by atoms with E-state index in [1.54, 1.807) is 24.1 Å². The van der Waals surface area contributed by atoms with Crippen molar-refractivity contribution in [2.24, 2.45) is 5.92 Å². The monoisotopic (exact) mass is 564 g/mol. The number of nitrogens with zero attached hydrogens (tertiary/aromatic N) is 2. The van der Waals surface area contributed by atoms with Crippen LogP contribution in [0.15, 0.2) is 48.5 Å². The average Bonchev–Trinajstić information content (AvgIpc) is 2.94. The Morgan fingerprint density at radius 2 is 1.63 bits per heavy atom. The Balaban J connectivity index is 1.51. The second kappa shape index (κ2) is 13.3. The average molecular weight is 564 g/mol. The van der Waals surface area contributed by atoms with Crippen molar-refractivity contribution in [3.8, 4) is 11.3 Å². The summed E-state index contributed by atoms with van der Waals surface area (Å²) in [6.45, 7) is 5.20. The first-order valence-electron chi connectivity index (χ1n) is 14.0. The lowest BCUT2D eigenvalue weighted by Gasteiger charge is -2.40. The molecular weight excluding hydrogens is 527 g/mol. The first kappa shape index (κ1) is 30.2. The number of aliphatic hydroxyl groups is 1. The lowest BCUT2D eigenvalue weighted by molar-refractivity contribution is -0.157. The minimum atomic E-state index is -1.36. The third-order valence-electron chi connectivity index (χ3n) is 7.43. The van der Waals surface area contributed by atoms with Gasteiger partial charge < -0.3 is 25.0 Å². The predicted molar refractivity (Wildman–Crippen MR) is 151 cm³/mol. The molecule has 11 nitrogen and oxygen atoms in total. The van der Waals surface area contributed by atoms with Gasteiger partial charge in [-0.3, -0.25) is 24.1 Å². The van der Waals surface area contributed by atoms with Crippen molar-refractivity contribution in [1.29, 1.82) is 0 Å². The second-order valence-corrected chi connectivity index (χ2v) is 11.1. The van der Waals surface area contributed by atoms with Crippen molar-refractivity contribution < 1.29 is 33.6 Å². The molecule has 0 saturated carbocycles. The lowest BCUT2D eigenvalue weighted by Crippen LogP contribution is -2.62. The van der Waals surface area contributed by atoms with Gasteiger partial charge >= 0.3 is 19.1 Å². The van der Waals surface area contributed by atoms with Gasteiger partial charge in [0.05, 0.1) is 17.7 Å². The van der Waals surface area contributed by atoms with Crippen LogP contribution < -0.4 is 10.6 Å². The van der Waals surface area contributed by atoms with Gasteiger partial charge in [0.25, 0.3) is 5.91 Å². The Kier molecular flexibility index (Phi) is 9.77. The summed E-state index contributed by atoms with van der Waals surface area (Å²) >= 11 is 0. The molecule has 2 saturated heterocycles. The van der Waals surface area contributed by atoms with Crippen LogP contribution in [0.4, 0.5) is 0 Å². The summed E-state index contributed by atoms with van der Waals surface area (Å²) < 4.78 is 11.3. The number of rotatable bonds is 9. The zero-order valence-electron chi connectivity index (χ0n) is 23.8. The van der Waals surface area contributed by atoms with E-state index in [0.29, 0.717) is 31.4 Å². The number of nitrogens with one attached hydrogen (secondary N) is 2. The number of piperidine rings is 1. The molecule has 2 aliphatic heterocycles. The number of hydrogen-bond acceptors (Lipinski definition) is 9. The van der Waals surface area contributed by atoms with Crippen LogP contribution in [0.1, 0.15) is 56.9 Å². The molecular formula is C29H37BN4O7. The zero-order chi connectivity index (χ0) is 29.7. The molecule has 12 heteroatoms. The number of hydrogen-bond donors (Lipinski definition) is 3. The van der Waals surface area contributed by atoms with E-state index in [4.69, 9.17) is 9.31 Å². The highest BCUT2D eigenvalue weighted by atomic mass is 16.6. The van der Waals surface area contributed by atoms with E-state index in [0.717, 1.165) is 5.56 Å². The topological polar surface area (TPSA) is 147 Å². The number of benzene rings is 1. The maximum Gasteiger partial charge on any atom is 0.622 e. The summed E-state index contributed by atoms with van der Waals surface area (Å²) in [6, 6.07) is 11.8. The van der Waals surface area contributed by atoms with Crippen LogP contribution in [0.5, 0.6) is 0 Å². The van der Waals surface area contributed by atoms with Gasteiger partial charge in [0, 0.05) is 5.56 Å². The number of pyridine rings is 1. The molecule has 0 radical (unpaired) electrons. The van der Waals surface area contributed by atoms with Gasteiger partial charge in [-0.25, -0.2) is 4.98 Å². The molecule has 41 heavy (non-hydrogen) atoms. The zero-order valence-corrected chi connectivity index (χ0v) is 23.8. The molecule has 3 N–H and O–H groups in total. The van der Waals surface area contributed by atoms with Crippen LogP contribution in [0, 0.1) is 5.92 Å². The Bertz CT molecular complexity index is 1230. The number of aromatic nitrogens is 1. The quantitative estimate of drug-likeness (QED) is 0.388. The maximum absolute atomic E-state index is 13.4. The number of amides is 2. The summed E-state index contributed by atoms with van der Waals surface area (Å²) in [5.41, 5.74) is 1.47. The Morgan fingerprint density at radius 3 is 2.22 bits per heavy atom. The van der Waals surface area contributed by atoms with Crippen LogP contribution >= 0.6 is 0 Å². The second-order valence-electron chi connectivity index (χ2n) is 11.1. The normalized spacial score (nSPS) is 21.6. The summed E-state index contributed by atoms with van der Waals surface area (Å²) in [7, 11) is 0.345. The SMILES string of the molecule is CC(C)CC(NC(=O)C(NC(=O)c1cccc(-c2ccccc2)n1)C(C)O)B1OC(=O)[C@H]2CCC[C@@H](C(=O)O1)N2C. The van der Waals surface area contributed by atoms with E-state index in [9.17, 15) is 24.3 Å². The fraction of sp³-hybridized carbons (Fsp3) is 0.483. The number of aliphatic hydroxyl groups excluding tert-OH is 1. The van der Waals surface area contributed by atoms with Gasteiger partial charge in [-0.05, 0) is 57.7 Å². The molecule has 218 valence electrons. The third-order valence-corrected chi connectivity index (χ3v) is 7.43. The van der Waals surface area contributed by atoms with Crippen LogP contribution in [-0.4, -0.2) is 83.1 Å². The van der Waals surface area contributed by atoms with Gasteiger partial charge in [-0.15, -0.1) is 0 Å². The van der Waals surface area contributed by atoms with E-state index in [1.165, 1.54) is 13.0 Å². The summed E-state index contributed by atoms with van der Waals surface area (Å²) in [5, 5.41) is 15.8. The van der Waals surface area contributed by atoms with Gasteiger partial charge in [-0.1, -0.05) is 50.2 Å². The summed E-state index contributed by atoms with van der Waals surface area (Å²) in [4.78, 5) is 58.6. The Morgan fingerprint density at radius 1 is 1.00 bits per heavy atom. The molecule has 0 spiro atoms. The molecule has 2 amide bonds. The number of carbonyl (C=O) groups is 4. The Hall–Kier alpha value is -3.77. The molecule has 2 aromatic rings. The van der Waals surface area contributed by atoms with E-state index < -0.39 is 61.0 Å². The van der Waals surface area contributed by atoms with E-state index in [2.05, 4.69) is 15.6 Å². The molecule has 5 atom stereocenters. The molecule has 2 bridgehead atoms. The fourth-order valence-electron chi connectivity index (χ4n) is 5.24. The lowest BCUT2D eigenvalue weighted by atomic mass is 9.72. The number of carbonyl (C=O) groups excluding carboxylic acids is 4. The highest BCUT2D eigenvalue weighted by Gasteiger charge is 2.48. The molecule has 2 aliphatic rings. The van der Waals surface area contributed by atoms with Crippen LogP contribution in [0.25, 0.3) is 11.3 Å². The molecule has 1 aromatic carbocycles. The fourth-order valence-corrected chi connectivity index (χ4v) is 5.24. The molecule has 3 heterocycles. The third kappa shape index (κ3) is 7.31. The molecule has 4 rings (SSSR count). The van der Waals surface area contributed by atoms with Crippen molar-refractivity contribution >= 4 is 30.9 Å². The van der Waals surface area contributed by atoms with E-state index >= 15 is 0 Å². The van der Waals surface area contributed by atoms with Crippen molar-refractivity contribution in [3.63, 3.8) is 0 Å². The van der Waals surface area contributed by atoms with Gasteiger partial charge in [0.1, 0.15) is 23.8 Å². The standard InChI is InChI=1S/C29H37BN4O7/c1-17(2)16-24(30-40-28(38)22-14-9-15-23(34(22)4)29(39)41-30)32-27(37)25(18(3)35)33-26(36)21-13-8-12-20(31-21)19-10-6-5-7-11-19/h5-8,10-13,17-18,22-25,35H,9,14-16H2,1-4H3,(H,32,37)(H,33,36)/t18?,22-,23+,24?,25?. The largest absolute Gasteiger partial charge is 0.622 e. The first-order chi connectivity index (χ1) is 19.5. The number of likely N-dealkylation sites (N-methyl/N-ethyl adjacent to an activating group) is 1. The van der Waals surface area contributed by atoms with Gasteiger partial charge in [0.2, 0.25) is 5.91 Å². The summed E-state index contributed by atoms with van der Waals surface area (Å²) in [6.07, 6.45) is 0.847. The molecule has 0 aliphatic carbocycles. The van der Waals surface area contributed by atoms with Crippen molar-refractivity contribution in [1.82, 2.24) is 20.5 Å². The Labute approximate surface area is 240 Å². The van der Waals surface area contributed by atoms with Crippen molar-refractivity contribution in [2.45, 2.75) is 76.6 Å². The van der Waals surface area contributed by atoms with Crippen molar-refractivity contribution in [3.05, 3.63) is 54.2 Å². The molecule has 2 fully saturated rings. The van der Waals surface area contributed by atoms with Crippen LogP contribution in [0.2, 0.25) is 0 Å². The predicted octanol–water partition coefficient (Wildman–Crippen LogP) is 1.74. The summed E-state index contributed by atoms with van der Waals surface area (Å²) in [5.74, 6) is -3.30. The molecule has 3 unspecified atom stereocenters. The van der Waals surface area contributed by atoms with E-state index in [1.807, 2.05) is 44.2 Å². The smallest absolute Gasteiger partial charge is 0.497 e. The van der Waals surface area contributed by atoms with Crippen molar-refractivity contribution in [2.75, 3.05) is 7.05 Å². The number of fused-ring (bicyclic) bond motifs is 2. The van der Waals surface area contributed by atoms with E-state index in [-0.39, 0.29) is 11.6 Å². The van der Waals surface area contributed by atoms with Gasteiger partial charge in [0.15, 0.2) is 0 Å². The highest BCUT2D eigenvalue weighted by Crippen LogP contribution is 2.27. The minimum Gasteiger partial charge on any atom is -0.497 e. The molecule has 1 aromatic heterocycles. The maximum atomic E-state index is 13.4. The highest BCUT2D eigenvalue weighted by molar-refractivity contribution is 6.51.